The maximum absolute atomic E-state index is 5.72. The van der Waals surface area contributed by atoms with Crippen molar-refractivity contribution in [3.63, 3.8) is 0 Å². The second-order valence-corrected chi connectivity index (χ2v) is 4.39. The Balaban J connectivity index is 1.81. The first-order chi connectivity index (χ1) is 8.86. The molecular formula is C13H18N4O. The highest BCUT2D eigenvalue weighted by molar-refractivity contribution is 5.95. The van der Waals surface area contributed by atoms with Crippen LogP contribution in [0.5, 0.6) is 5.75 Å². The molecule has 0 fully saturated rings. The van der Waals surface area contributed by atoms with Gasteiger partial charge in [0.1, 0.15) is 12.4 Å². The van der Waals surface area contributed by atoms with Gasteiger partial charge < -0.3 is 20.3 Å². The van der Waals surface area contributed by atoms with Crippen LogP contribution in [0.4, 0.5) is 11.4 Å². The molecule has 1 aromatic rings. The van der Waals surface area contributed by atoms with Crippen molar-refractivity contribution in [2.75, 3.05) is 43.0 Å². The molecule has 0 spiro atoms. The minimum absolute atomic E-state index is 0.753. The standard InChI is InChI=1S/C13H18N4O/c1-2-17-7-8-18-12-9-10(3-4-11(12)17)16-13-14-5-6-15-13/h3-4,9H,2,5-8H2,1H3,(H2,14,15,16). The number of hydrogen-bond acceptors (Lipinski definition) is 5. The lowest BCUT2D eigenvalue weighted by atomic mass is 10.2. The van der Waals surface area contributed by atoms with E-state index in [0.717, 1.165) is 50.2 Å². The number of aliphatic imine (C=N–C) groups is 1. The predicted molar refractivity (Wildman–Crippen MR) is 73.8 cm³/mol. The van der Waals surface area contributed by atoms with E-state index in [1.54, 1.807) is 0 Å². The van der Waals surface area contributed by atoms with E-state index < -0.39 is 0 Å². The van der Waals surface area contributed by atoms with Gasteiger partial charge in [0.15, 0.2) is 5.96 Å². The molecule has 0 aliphatic carbocycles. The number of nitrogens with one attached hydrogen (secondary N) is 2. The monoisotopic (exact) mass is 246 g/mol. The van der Waals surface area contributed by atoms with Crippen LogP contribution in [0.15, 0.2) is 23.2 Å². The number of benzene rings is 1. The van der Waals surface area contributed by atoms with E-state index in [2.05, 4.69) is 39.6 Å². The molecule has 3 rings (SSSR count). The van der Waals surface area contributed by atoms with Crippen molar-refractivity contribution >= 4 is 17.3 Å². The lowest BCUT2D eigenvalue weighted by molar-refractivity contribution is 0.308. The molecule has 0 saturated carbocycles. The number of fused-ring (bicyclic) bond motifs is 1. The normalized spacial score (nSPS) is 17.6. The zero-order valence-corrected chi connectivity index (χ0v) is 10.6. The minimum Gasteiger partial charge on any atom is -0.489 e. The second-order valence-electron chi connectivity index (χ2n) is 4.39. The molecule has 2 heterocycles. The van der Waals surface area contributed by atoms with Gasteiger partial charge >= 0.3 is 0 Å². The topological polar surface area (TPSA) is 48.9 Å². The fraction of sp³-hybridized carbons (Fsp3) is 0.462. The van der Waals surface area contributed by atoms with E-state index in [4.69, 9.17) is 4.74 Å². The van der Waals surface area contributed by atoms with Gasteiger partial charge in [-0.05, 0) is 19.1 Å². The molecule has 0 bridgehead atoms. The average molecular weight is 246 g/mol. The van der Waals surface area contributed by atoms with Gasteiger partial charge in [0.25, 0.3) is 0 Å². The van der Waals surface area contributed by atoms with E-state index in [1.807, 2.05) is 6.07 Å². The Bertz CT molecular complexity index is 472. The third kappa shape index (κ3) is 2.08. The molecule has 5 nitrogen and oxygen atoms in total. The van der Waals surface area contributed by atoms with Crippen LogP contribution in [-0.2, 0) is 0 Å². The minimum atomic E-state index is 0.753. The summed E-state index contributed by atoms with van der Waals surface area (Å²) in [6.45, 7) is 6.64. The number of ether oxygens (including phenoxy) is 1. The van der Waals surface area contributed by atoms with Crippen LogP contribution in [0.2, 0.25) is 0 Å². The third-order valence-corrected chi connectivity index (χ3v) is 3.24. The highest BCUT2D eigenvalue weighted by Gasteiger charge is 2.17. The SMILES string of the molecule is CCN1CCOc2cc(NC3=NCCN3)ccc21. The van der Waals surface area contributed by atoms with E-state index in [9.17, 15) is 0 Å². The average Bonchev–Trinajstić information content (AvgIpc) is 2.90. The molecule has 2 N–H and O–H groups in total. The van der Waals surface area contributed by atoms with Crippen LogP contribution in [0.3, 0.4) is 0 Å². The molecule has 0 amide bonds. The molecule has 18 heavy (non-hydrogen) atoms. The quantitative estimate of drug-likeness (QED) is 0.825. The molecule has 0 aromatic heterocycles. The van der Waals surface area contributed by atoms with Gasteiger partial charge in [-0.1, -0.05) is 0 Å². The molecule has 0 radical (unpaired) electrons. The van der Waals surface area contributed by atoms with Crippen LogP contribution in [0.25, 0.3) is 0 Å². The van der Waals surface area contributed by atoms with E-state index in [1.165, 1.54) is 5.69 Å². The zero-order chi connectivity index (χ0) is 12.4. The van der Waals surface area contributed by atoms with Crippen molar-refractivity contribution in [1.29, 1.82) is 0 Å². The number of anilines is 2. The Morgan fingerprint density at radius 1 is 1.50 bits per heavy atom. The maximum Gasteiger partial charge on any atom is 0.195 e. The van der Waals surface area contributed by atoms with Crippen LogP contribution < -0.4 is 20.3 Å². The van der Waals surface area contributed by atoms with Gasteiger partial charge in [-0.15, -0.1) is 0 Å². The molecule has 0 unspecified atom stereocenters. The van der Waals surface area contributed by atoms with Gasteiger partial charge in [-0.25, -0.2) is 0 Å². The fourth-order valence-electron chi connectivity index (χ4n) is 2.30. The lowest BCUT2D eigenvalue weighted by Crippen LogP contribution is -2.32. The summed E-state index contributed by atoms with van der Waals surface area (Å²) in [5, 5.41) is 6.46. The Morgan fingerprint density at radius 3 is 3.22 bits per heavy atom. The fourth-order valence-corrected chi connectivity index (χ4v) is 2.30. The van der Waals surface area contributed by atoms with Crippen molar-refractivity contribution in [3.8, 4) is 5.75 Å². The van der Waals surface area contributed by atoms with Crippen LogP contribution in [0.1, 0.15) is 6.92 Å². The van der Waals surface area contributed by atoms with Crippen LogP contribution >= 0.6 is 0 Å². The van der Waals surface area contributed by atoms with E-state index in [0.29, 0.717) is 0 Å². The highest BCUT2D eigenvalue weighted by Crippen LogP contribution is 2.33. The number of guanidine groups is 1. The van der Waals surface area contributed by atoms with Crippen molar-refractivity contribution in [2.24, 2.45) is 4.99 Å². The Morgan fingerprint density at radius 2 is 2.44 bits per heavy atom. The molecular weight excluding hydrogens is 228 g/mol. The molecule has 2 aliphatic rings. The molecule has 96 valence electrons. The van der Waals surface area contributed by atoms with Gasteiger partial charge in [-0.2, -0.15) is 0 Å². The predicted octanol–water partition coefficient (Wildman–Crippen LogP) is 1.28. The third-order valence-electron chi connectivity index (χ3n) is 3.24. The molecule has 0 atom stereocenters. The largest absolute Gasteiger partial charge is 0.489 e. The summed E-state index contributed by atoms with van der Waals surface area (Å²) in [6.07, 6.45) is 0. The summed E-state index contributed by atoms with van der Waals surface area (Å²) in [5.41, 5.74) is 2.19. The second kappa shape index (κ2) is 4.76. The summed E-state index contributed by atoms with van der Waals surface area (Å²) in [5.74, 6) is 1.80. The number of likely N-dealkylation sites (N-methyl/N-ethyl adjacent to an activating group) is 1. The smallest absolute Gasteiger partial charge is 0.195 e. The van der Waals surface area contributed by atoms with Gasteiger partial charge in [0.05, 0.1) is 18.8 Å². The van der Waals surface area contributed by atoms with Gasteiger partial charge in [-0.3, -0.25) is 4.99 Å². The summed E-state index contributed by atoms with van der Waals surface area (Å²) in [7, 11) is 0. The highest BCUT2D eigenvalue weighted by atomic mass is 16.5. The van der Waals surface area contributed by atoms with Crippen LogP contribution in [0, 0.1) is 0 Å². The van der Waals surface area contributed by atoms with Gasteiger partial charge in [0.2, 0.25) is 0 Å². The van der Waals surface area contributed by atoms with Crippen molar-refractivity contribution < 1.29 is 4.74 Å². The Kier molecular flexibility index (Phi) is 2.96. The summed E-state index contributed by atoms with van der Waals surface area (Å²) in [6, 6.07) is 6.22. The summed E-state index contributed by atoms with van der Waals surface area (Å²) >= 11 is 0. The first-order valence-corrected chi connectivity index (χ1v) is 6.44. The Hall–Kier alpha value is -1.91. The van der Waals surface area contributed by atoms with E-state index >= 15 is 0 Å². The van der Waals surface area contributed by atoms with Crippen molar-refractivity contribution in [3.05, 3.63) is 18.2 Å². The number of nitrogens with zero attached hydrogens (tertiary/aromatic N) is 2. The van der Waals surface area contributed by atoms with Crippen molar-refractivity contribution in [2.45, 2.75) is 6.92 Å². The van der Waals surface area contributed by atoms with E-state index in [-0.39, 0.29) is 0 Å². The molecule has 5 heteroatoms. The lowest BCUT2D eigenvalue weighted by Gasteiger charge is -2.30. The van der Waals surface area contributed by atoms with Crippen molar-refractivity contribution in [1.82, 2.24) is 5.32 Å². The first-order valence-electron chi connectivity index (χ1n) is 6.44. The summed E-state index contributed by atoms with van der Waals surface area (Å²) < 4.78 is 5.72. The number of hydrogen-bond donors (Lipinski definition) is 2. The first kappa shape index (κ1) is 11.2. The van der Waals surface area contributed by atoms with Gasteiger partial charge in [0, 0.05) is 24.8 Å². The maximum atomic E-state index is 5.72. The number of rotatable bonds is 2. The molecule has 1 aromatic carbocycles. The molecule has 2 aliphatic heterocycles. The zero-order valence-electron chi connectivity index (χ0n) is 10.6. The van der Waals surface area contributed by atoms with Crippen LogP contribution in [-0.4, -0.2) is 38.7 Å². The summed E-state index contributed by atoms with van der Waals surface area (Å²) in [4.78, 5) is 6.64. The Labute approximate surface area is 107 Å². The molecule has 0 saturated heterocycles.